The van der Waals surface area contributed by atoms with Gasteiger partial charge in [-0.1, -0.05) is 11.6 Å². The smallest absolute Gasteiger partial charge is 0.262 e. The molecule has 0 aliphatic carbocycles. The second-order valence-corrected chi connectivity index (χ2v) is 6.81. The number of amides is 1. The number of hydrogen-bond donors (Lipinski definition) is 2. The highest BCUT2D eigenvalue weighted by atomic mass is 35.5. The van der Waals surface area contributed by atoms with E-state index in [1.807, 2.05) is 0 Å². The van der Waals surface area contributed by atoms with Gasteiger partial charge in [-0.3, -0.25) is 9.52 Å². The summed E-state index contributed by atoms with van der Waals surface area (Å²) in [5.41, 5.74) is 0.306. The van der Waals surface area contributed by atoms with Gasteiger partial charge in [-0.05, 0) is 36.4 Å². The van der Waals surface area contributed by atoms with Crippen molar-refractivity contribution in [2.24, 2.45) is 0 Å². The lowest BCUT2D eigenvalue weighted by Crippen LogP contribution is -2.25. The van der Waals surface area contributed by atoms with Crippen molar-refractivity contribution in [2.75, 3.05) is 16.6 Å². The summed E-state index contributed by atoms with van der Waals surface area (Å²) in [7, 11) is -3.96. The number of anilines is 2. The second-order valence-electron chi connectivity index (χ2n) is 4.72. The predicted molar refractivity (Wildman–Crippen MR) is 82.8 cm³/mol. The Balaban J connectivity index is 1.93. The number of carbonyl (C=O) groups excluding carboxylic acids is 1. The summed E-state index contributed by atoms with van der Waals surface area (Å²) in [6.07, 6.45) is 0. The minimum absolute atomic E-state index is 0.0473. The summed E-state index contributed by atoms with van der Waals surface area (Å²) in [5, 5.41) is 2.46. The zero-order chi connectivity index (χ0) is 16.6. The van der Waals surface area contributed by atoms with Crippen molar-refractivity contribution in [3.05, 3.63) is 47.2 Å². The zero-order valence-corrected chi connectivity index (χ0v) is 13.0. The van der Waals surface area contributed by atoms with E-state index in [4.69, 9.17) is 16.3 Å². The van der Waals surface area contributed by atoms with Crippen LogP contribution >= 0.6 is 11.6 Å². The van der Waals surface area contributed by atoms with Gasteiger partial charge in [0.15, 0.2) is 6.61 Å². The van der Waals surface area contributed by atoms with Crippen molar-refractivity contribution in [1.82, 2.24) is 0 Å². The molecular weight excluding hydrogens is 347 g/mol. The molecule has 23 heavy (non-hydrogen) atoms. The lowest BCUT2D eigenvalue weighted by molar-refractivity contribution is -0.118. The average Bonchev–Trinajstić information content (AvgIpc) is 2.49. The third kappa shape index (κ3) is 3.22. The summed E-state index contributed by atoms with van der Waals surface area (Å²) >= 11 is 5.81. The molecule has 2 aromatic rings. The van der Waals surface area contributed by atoms with Gasteiger partial charge in [0.1, 0.15) is 11.6 Å². The van der Waals surface area contributed by atoms with Crippen LogP contribution in [0.15, 0.2) is 41.3 Å². The van der Waals surface area contributed by atoms with Gasteiger partial charge in [-0.15, -0.1) is 0 Å². The summed E-state index contributed by atoms with van der Waals surface area (Å²) in [6, 6.07) is 7.35. The second kappa shape index (κ2) is 5.71. The number of benzene rings is 2. The van der Waals surface area contributed by atoms with E-state index in [0.29, 0.717) is 5.75 Å². The number of sulfonamides is 1. The monoisotopic (exact) mass is 356 g/mol. The predicted octanol–water partition coefficient (Wildman–Crippen LogP) is 2.61. The molecule has 0 spiro atoms. The summed E-state index contributed by atoms with van der Waals surface area (Å²) in [6.45, 7) is -0.122. The quantitative estimate of drug-likeness (QED) is 0.885. The molecule has 120 valence electrons. The highest BCUT2D eigenvalue weighted by molar-refractivity contribution is 7.92. The van der Waals surface area contributed by atoms with Crippen LogP contribution in [0.5, 0.6) is 5.75 Å². The maximum Gasteiger partial charge on any atom is 0.262 e. The van der Waals surface area contributed by atoms with Crippen LogP contribution in [-0.2, 0) is 14.8 Å². The van der Waals surface area contributed by atoms with Gasteiger partial charge in [-0.2, -0.15) is 0 Å². The Morgan fingerprint density at radius 2 is 2.00 bits per heavy atom. The minimum atomic E-state index is -3.96. The van der Waals surface area contributed by atoms with E-state index < -0.39 is 15.8 Å². The average molecular weight is 357 g/mol. The molecule has 1 amide bonds. The van der Waals surface area contributed by atoms with E-state index in [9.17, 15) is 17.6 Å². The number of rotatable bonds is 3. The van der Waals surface area contributed by atoms with Crippen LogP contribution in [-0.4, -0.2) is 20.9 Å². The topological polar surface area (TPSA) is 84.5 Å². The molecule has 0 radical (unpaired) electrons. The molecule has 3 rings (SSSR count). The van der Waals surface area contributed by atoms with Crippen LogP contribution in [0.25, 0.3) is 0 Å². The van der Waals surface area contributed by atoms with E-state index in [-0.39, 0.29) is 33.8 Å². The fourth-order valence-corrected chi connectivity index (χ4v) is 3.38. The molecule has 0 saturated heterocycles. The summed E-state index contributed by atoms with van der Waals surface area (Å²) in [4.78, 5) is 11.2. The molecule has 2 N–H and O–H groups in total. The molecule has 0 aromatic heterocycles. The molecular formula is C14H10ClFN2O4S. The van der Waals surface area contributed by atoms with Gasteiger partial charge in [-0.25, -0.2) is 12.8 Å². The Morgan fingerprint density at radius 3 is 2.74 bits per heavy atom. The van der Waals surface area contributed by atoms with Crippen LogP contribution in [0.2, 0.25) is 5.02 Å². The molecule has 6 nitrogen and oxygen atoms in total. The van der Waals surface area contributed by atoms with E-state index in [1.165, 1.54) is 24.3 Å². The van der Waals surface area contributed by atoms with Crippen LogP contribution in [0.4, 0.5) is 15.8 Å². The fraction of sp³-hybridized carbons (Fsp3) is 0.0714. The lowest BCUT2D eigenvalue weighted by Gasteiger charge is -2.18. The largest absolute Gasteiger partial charge is 0.482 e. The molecule has 0 unspecified atom stereocenters. The Hall–Kier alpha value is -2.32. The van der Waals surface area contributed by atoms with Crippen molar-refractivity contribution in [3.8, 4) is 5.75 Å². The Bertz CT molecular complexity index is 902. The fourth-order valence-electron chi connectivity index (χ4n) is 2.01. The molecule has 1 heterocycles. The first-order valence-corrected chi connectivity index (χ1v) is 8.26. The van der Waals surface area contributed by atoms with Crippen molar-refractivity contribution < 1.29 is 22.3 Å². The first-order chi connectivity index (χ1) is 10.8. The number of ether oxygens (including phenoxy) is 1. The molecule has 0 atom stereocenters. The Labute approximate surface area is 136 Å². The first kappa shape index (κ1) is 15.6. The standard InChI is InChI=1S/C14H10ClFN2O4S/c15-10-5-8(16)1-3-11(10)18-23(20,21)9-2-4-13-12(6-9)17-14(19)7-22-13/h1-6,18H,7H2,(H,17,19). The maximum atomic E-state index is 13.0. The third-order valence-corrected chi connectivity index (χ3v) is 4.75. The normalized spacial score (nSPS) is 13.7. The van der Waals surface area contributed by atoms with Crippen LogP contribution in [0.3, 0.4) is 0 Å². The molecule has 9 heteroatoms. The van der Waals surface area contributed by atoms with E-state index in [0.717, 1.165) is 12.1 Å². The molecule has 1 aliphatic rings. The van der Waals surface area contributed by atoms with Crippen molar-refractivity contribution in [3.63, 3.8) is 0 Å². The minimum Gasteiger partial charge on any atom is -0.482 e. The van der Waals surface area contributed by atoms with Gasteiger partial charge in [0.05, 0.1) is 21.3 Å². The van der Waals surface area contributed by atoms with Crippen LogP contribution in [0.1, 0.15) is 0 Å². The Kier molecular flexibility index (Phi) is 3.87. The number of carbonyl (C=O) groups is 1. The van der Waals surface area contributed by atoms with E-state index in [2.05, 4.69) is 10.0 Å². The number of hydrogen-bond acceptors (Lipinski definition) is 4. The van der Waals surface area contributed by atoms with Crippen LogP contribution < -0.4 is 14.8 Å². The Morgan fingerprint density at radius 1 is 1.22 bits per heavy atom. The number of nitrogens with one attached hydrogen (secondary N) is 2. The van der Waals surface area contributed by atoms with Crippen molar-refractivity contribution in [1.29, 1.82) is 0 Å². The van der Waals surface area contributed by atoms with Crippen LogP contribution in [0, 0.1) is 5.82 Å². The number of fused-ring (bicyclic) bond motifs is 1. The SMILES string of the molecule is O=C1COc2ccc(S(=O)(=O)Nc3ccc(F)cc3Cl)cc2N1. The highest BCUT2D eigenvalue weighted by Crippen LogP contribution is 2.31. The third-order valence-electron chi connectivity index (χ3n) is 3.07. The number of halogens is 2. The zero-order valence-electron chi connectivity index (χ0n) is 11.5. The van der Waals surface area contributed by atoms with Gasteiger partial charge >= 0.3 is 0 Å². The molecule has 0 fully saturated rings. The maximum absolute atomic E-state index is 13.0. The van der Waals surface area contributed by atoms with Crippen molar-refractivity contribution >= 4 is 38.9 Å². The molecule has 2 aromatic carbocycles. The van der Waals surface area contributed by atoms with Gasteiger partial charge in [0.25, 0.3) is 15.9 Å². The van der Waals surface area contributed by atoms with Gasteiger partial charge < -0.3 is 10.1 Å². The van der Waals surface area contributed by atoms with E-state index in [1.54, 1.807) is 0 Å². The van der Waals surface area contributed by atoms with Gasteiger partial charge in [0, 0.05) is 0 Å². The molecule has 0 bridgehead atoms. The van der Waals surface area contributed by atoms with Crippen molar-refractivity contribution in [2.45, 2.75) is 4.90 Å². The summed E-state index contributed by atoms with van der Waals surface area (Å²) < 4.78 is 45.2. The van der Waals surface area contributed by atoms with Gasteiger partial charge in [0.2, 0.25) is 0 Å². The first-order valence-electron chi connectivity index (χ1n) is 6.40. The lowest BCUT2D eigenvalue weighted by atomic mass is 10.2. The summed E-state index contributed by atoms with van der Waals surface area (Å²) in [5.74, 6) is -0.573. The molecule has 1 aliphatic heterocycles. The van der Waals surface area contributed by atoms with E-state index >= 15 is 0 Å². The highest BCUT2D eigenvalue weighted by Gasteiger charge is 2.21. The molecule has 0 saturated carbocycles.